The van der Waals surface area contributed by atoms with Crippen LogP contribution in [0, 0.1) is 5.41 Å². The summed E-state index contributed by atoms with van der Waals surface area (Å²) in [6.45, 7) is 4.03. The van der Waals surface area contributed by atoms with Gasteiger partial charge in [0.05, 0.1) is 12.7 Å². The lowest BCUT2D eigenvalue weighted by molar-refractivity contribution is -0.121. The number of carboxylic acid groups (broad SMARTS) is 1. The number of methoxy groups -OCH3 is 1. The van der Waals surface area contributed by atoms with Crippen LogP contribution in [0.5, 0.6) is 5.75 Å². The molecule has 1 atom stereocenters. The average Bonchev–Trinajstić information content (AvgIpc) is 2.72. The van der Waals surface area contributed by atoms with Crippen LogP contribution in [-0.2, 0) is 9.59 Å². The topological polar surface area (TPSA) is 83.9 Å². The number of anilines is 1. The van der Waals surface area contributed by atoms with Gasteiger partial charge >= 0.3 is 5.97 Å². The van der Waals surface area contributed by atoms with Gasteiger partial charge in [0, 0.05) is 35.7 Å². The average molecular weight is 419 g/mol. The first-order valence-electron chi connectivity index (χ1n) is 10.3. The number of ether oxygens (including phenoxy) is 1. The van der Waals surface area contributed by atoms with Crippen molar-refractivity contribution in [2.45, 2.75) is 39.0 Å². The van der Waals surface area contributed by atoms with Crippen molar-refractivity contribution in [1.29, 1.82) is 0 Å². The van der Waals surface area contributed by atoms with Crippen LogP contribution in [0.15, 0.2) is 59.8 Å². The highest BCUT2D eigenvalue weighted by Crippen LogP contribution is 2.48. The molecule has 31 heavy (non-hydrogen) atoms. The fourth-order valence-electron chi connectivity index (χ4n) is 4.61. The Hall–Kier alpha value is -3.41. The zero-order chi connectivity index (χ0) is 22.3. The Morgan fingerprint density at radius 3 is 2.45 bits per heavy atom. The van der Waals surface area contributed by atoms with Gasteiger partial charge < -0.3 is 9.84 Å². The predicted octanol–water partition coefficient (Wildman–Crippen LogP) is 4.56. The molecule has 0 saturated carbocycles. The third-order valence-electron chi connectivity index (χ3n) is 6.01. The van der Waals surface area contributed by atoms with Crippen LogP contribution >= 0.6 is 0 Å². The number of amides is 1. The second-order valence-electron chi connectivity index (χ2n) is 8.92. The maximum Gasteiger partial charge on any atom is 0.335 e. The first kappa shape index (κ1) is 20.8. The third-order valence-corrected chi connectivity index (χ3v) is 6.01. The summed E-state index contributed by atoms with van der Waals surface area (Å²) in [4.78, 5) is 39.7. The number of carbonyl (C=O) groups excluding carboxylic acids is 2. The van der Waals surface area contributed by atoms with Gasteiger partial charge in [0.1, 0.15) is 5.75 Å². The fraction of sp³-hybridized carbons (Fsp3) is 0.320. The number of carbonyl (C=O) groups is 3. The summed E-state index contributed by atoms with van der Waals surface area (Å²) in [5, 5.41) is 9.38. The van der Waals surface area contributed by atoms with Crippen LogP contribution in [0.25, 0.3) is 0 Å². The quantitative estimate of drug-likeness (QED) is 0.786. The molecule has 0 aromatic heterocycles. The van der Waals surface area contributed by atoms with Crippen molar-refractivity contribution < 1.29 is 24.2 Å². The van der Waals surface area contributed by atoms with E-state index in [-0.39, 0.29) is 35.0 Å². The number of hydrogen-bond donors (Lipinski definition) is 1. The maximum atomic E-state index is 13.4. The number of Topliss-reactive ketones (excluding diaryl/α,β-unsaturated/α-hetero) is 1. The van der Waals surface area contributed by atoms with E-state index < -0.39 is 5.97 Å². The lowest BCUT2D eigenvalue weighted by Crippen LogP contribution is -2.43. The van der Waals surface area contributed by atoms with Crippen molar-refractivity contribution in [3.05, 3.63) is 70.9 Å². The van der Waals surface area contributed by atoms with Crippen LogP contribution in [0.3, 0.4) is 0 Å². The zero-order valence-electron chi connectivity index (χ0n) is 17.8. The standard InChI is InChI=1S/C25H25NO5/c1-25(2)13-20-23(21(27)14-25)19(15-7-9-18(31-3)10-8-15)12-22(28)26(20)17-6-4-5-16(11-17)24(29)30/h4-11,19H,12-14H2,1-3H3,(H,29,30). The van der Waals surface area contributed by atoms with Crippen LogP contribution in [0.4, 0.5) is 5.69 Å². The minimum atomic E-state index is -1.06. The molecule has 1 N–H and O–H groups in total. The highest BCUT2D eigenvalue weighted by atomic mass is 16.5. The number of benzene rings is 2. The normalized spacial score (nSPS) is 20.5. The van der Waals surface area contributed by atoms with Crippen molar-refractivity contribution in [2.24, 2.45) is 5.41 Å². The molecule has 1 aliphatic carbocycles. The minimum Gasteiger partial charge on any atom is -0.497 e. The Morgan fingerprint density at radius 1 is 1.10 bits per heavy atom. The van der Waals surface area contributed by atoms with Gasteiger partial charge in [-0.3, -0.25) is 14.5 Å². The Kier molecular flexibility index (Phi) is 5.17. The van der Waals surface area contributed by atoms with E-state index in [4.69, 9.17) is 4.74 Å². The largest absolute Gasteiger partial charge is 0.497 e. The van der Waals surface area contributed by atoms with Crippen LogP contribution in [0.1, 0.15) is 54.9 Å². The predicted molar refractivity (Wildman–Crippen MR) is 116 cm³/mol. The Labute approximate surface area is 181 Å². The molecular formula is C25H25NO5. The summed E-state index contributed by atoms with van der Waals surface area (Å²) in [5.74, 6) is -0.776. The van der Waals surface area contributed by atoms with Crippen molar-refractivity contribution in [3.63, 3.8) is 0 Å². The number of aromatic carboxylic acids is 1. The van der Waals surface area contributed by atoms with E-state index in [1.807, 2.05) is 38.1 Å². The summed E-state index contributed by atoms with van der Waals surface area (Å²) in [6, 6.07) is 13.8. The van der Waals surface area contributed by atoms with Gasteiger partial charge in [0.25, 0.3) is 0 Å². The van der Waals surface area contributed by atoms with E-state index in [1.165, 1.54) is 12.1 Å². The summed E-state index contributed by atoms with van der Waals surface area (Å²) in [7, 11) is 1.59. The third kappa shape index (κ3) is 3.85. The second kappa shape index (κ2) is 7.69. The highest BCUT2D eigenvalue weighted by Gasteiger charge is 2.44. The molecule has 6 heteroatoms. The van der Waals surface area contributed by atoms with Gasteiger partial charge in [-0.2, -0.15) is 0 Å². The van der Waals surface area contributed by atoms with E-state index in [2.05, 4.69) is 0 Å². The molecule has 1 amide bonds. The van der Waals surface area contributed by atoms with Gasteiger partial charge in [-0.25, -0.2) is 4.79 Å². The lowest BCUT2D eigenvalue weighted by atomic mass is 9.69. The molecule has 160 valence electrons. The minimum absolute atomic E-state index is 0.0407. The van der Waals surface area contributed by atoms with Crippen LogP contribution in [-0.4, -0.2) is 29.9 Å². The van der Waals surface area contributed by atoms with Crippen molar-refractivity contribution in [3.8, 4) is 5.75 Å². The molecule has 2 aliphatic rings. The number of rotatable bonds is 4. The fourth-order valence-corrected chi connectivity index (χ4v) is 4.61. The van der Waals surface area contributed by atoms with Gasteiger partial charge in [-0.15, -0.1) is 0 Å². The van der Waals surface area contributed by atoms with Crippen molar-refractivity contribution >= 4 is 23.3 Å². The van der Waals surface area contributed by atoms with Crippen LogP contribution < -0.4 is 9.64 Å². The summed E-state index contributed by atoms with van der Waals surface area (Å²) >= 11 is 0. The molecule has 2 aromatic carbocycles. The van der Waals surface area contributed by atoms with E-state index in [0.29, 0.717) is 35.5 Å². The first-order chi connectivity index (χ1) is 14.7. The second-order valence-corrected chi connectivity index (χ2v) is 8.92. The van der Waals surface area contributed by atoms with Crippen molar-refractivity contribution in [2.75, 3.05) is 12.0 Å². The molecule has 1 heterocycles. The molecule has 1 unspecified atom stereocenters. The molecule has 0 bridgehead atoms. The molecule has 0 spiro atoms. The number of hydrogen-bond acceptors (Lipinski definition) is 4. The summed E-state index contributed by atoms with van der Waals surface area (Å²) < 4.78 is 5.24. The number of carboxylic acids is 1. The number of allylic oxidation sites excluding steroid dienone is 2. The first-order valence-corrected chi connectivity index (χ1v) is 10.3. The van der Waals surface area contributed by atoms with Gasteiger partial charge in [-0.05, 0) is 47.7 Å². The van der Waals surface area contributed by atoms with Gasteiger partial charge in [0.15, 0.2) is 5.78 Å². The summed E-state index contributed by atoms with van der Waals surface area (Å²) in [6.07, 6.45) is 1.12. The van der Waals surface area contributed by atoms with E-state index >= 15 is 0 Å². The molecule has 4 rings (SSSR count). The zero-order valence-corrected chi connectivity index (χ0v) is 17.8. The van der Waals surface area contributed by atoms with Gasteiger partial charge in [-0.1, -0.05) is 32.0 Å². The summed E-state index contributed by atoms with van der Waals surface area (Å²) in [5.41, 5.74) is 2.53. The highest BCUT2D eigenvalue weighted by molar-refractivity contribution is 6.08. The Balaban J connectivity index is 1.87. The lowest BCUT2D eigenvalue weighted by Gasteiger charge is -2.43. The number of ketones is 1. The van der Waals surface area contributed by atoms with E-state index in [1.54, 1.807) is 24.1 Å². The molecular weight excluding hydrogens is 394 g/mol. The van der Waals surface area contributed by atoms with Crippen molar-refractivity contribution in [1.82, 2.24) is 0 Å². The van der Waals surface area contributed by atoms with E-state index in [9.17, 15) is 19.5 Å². The molecule has 0 fully saturated rings. The van der Waals surface area contributed by atoms with Gasteiger partial charge in [0.2, 0.25) is 5.91 Å². The molecule has 2 aromatic rings. The maximum absolute atomic E-state index is 13.4. The Bertz CT molecular complexity index is 1100. The monoisotopic (exact) mass is 419 g/mol. The molecule has 0 saturated heterocycles. The molecule has 1 aliphatic heterocycles. The van der Waals surface area contributed by atoms with E-state index in [0.717, 1.165) is 5.56 Å². The SMILES string of the molecule is COc1ccc(C2CC(=O)N(c3cccc(C(=O)O)c3)C3=C2C(=O)CC(C)(C)C3)cc1. The van der Waals surface area contributed by atoms with Crippen LogP contribution in [0.2, 0.25) is 0 Å². The number of nitrogens with zero attached hydrogens (tertiary/aromatic N) is 1. The smallest absolute Gasteiger partial charge is 0.335 e. The molecule has 6 nitrogen and oxygen atoms in total. The molecule has 0 radical (unpaired) electrons. The Morgan fingerprint density at radius 2 is 1.81 bits per heavy atom.